The molecule has 29 heavy (non-hydrogen) atoms. The van der Waals surface area contributed by atoms with Crippen LogP contribution in [0, 0.1) is 3.57 Å². The lowest BCUT2D eigenvalue weighted by Crippen LogP contribution is -1.84. The van der Waals surface area contributed by atoms with Crippen LogP contribution in [0.3, 0.4) is 0 Å². The molecule has 0 aliphatic heterocycles. The molecule has 0 saturated carbocycles. The van der Waals surface area contributed by atoms with Crippen LogP contribution in [0.4, 0.5) is 0 Å². The molecule has 6 heteroatoms. The van der Waals surface area contributed by atoms with Crippen molar-refractivity contribution in [2.24, 2.45) is 0 Å². The maximum atomic E-state index is 4.37. The Hall–Kier alpha value is -1.90. The van der Waals surface area contributed by atoms with Gasteiger partial charge in [-0.3, -0.25) is 15.0 Å². The van der Waals surface area contributed by atoms with Gasteiger partial charge < -0.3 is 0 Å². The van der Waals surface area contributed by atoms with Crippen molar-refractivity contribution in [3.8, 4) is 11.1 Å². The molecule has 142 valence electrons. The Morgan fingerprint density at radius 2 is 1.21 bits per heavy atom. The molecule has 0 aliphatic rings. The third-order valence-corrected chi connectivity index (χ3v) is 6.27. The average molecular weight is 619 g/mol. The third-order valence-electron chi connectivity index (χ3n) is 4.35. The lowest BCUT2D eigenvalue weighted by Gasteiger charge is -2.06. The molecule has 0 spiro atoms. The molecule has 0 N–H and O–H groups in total. The first-order valence-corrected chi connectivity index (χ1v) is 11.4. The van der Waals surface area contributed by atoms with Crippen LogP contribution in [0.15, 0.2) is 94.4 Å². The number of hydrogen-bond donors (Lipinski definition) is 0. The van der Waals surface area contributed by atoms with Gasteiger partial charge in [0.25, 0.3) is 0 Å². The van der Waals surface area contributed by atoms with Crippen molar-refractivity contribution in [2.45, 2.75) is 0 Å². The van der Waals surface area contributed by atoms with Gasteiger partial charge in [0.1, 0.15) is 0 Å². The average Bonchev–Trinajstić information content (AvgIpc) is 2.75. The van der Waals surface area contributed by atoms with Gasteiger partial charge in [-0.15, -0.1) is 0 Å². The van der Waals surface area contributed by atoms with Crippen LogP contribution >= 0.6 is 54.5 Å². The SMILES string of the molecule is Brc1ccc2nccc(-c3ccncc3)c2c1.Brc1ccc2nccc(I)c2c1. The van der Waals surface area contributed by atoms with Gasteiger partial charge in [0, 0.05) is 48.1 Å². The Morgan fingerprint density at radius 3 is 1.90 bits per heavy atom. The molecular formula is C23H14Br2IN3. The maximum absolute atomic E-state index is 4.37. The van der Waals surface area contributed by atoms with Crippen LogP contribution in [0.1, 0.15) is 0 Å². The second-order valence-corrected chi connectivity index (χ2v) is 9.20. The van der Waals surface area contributed by atoms with Crippen LogP contribution < -0.4 is 0 Å². The van der Waals surface area contributed by atoms with E-state index in [0.717, 1.165) is 30.9 Å². The Kier molecular flexibility index (Phi) is 6.52. The van der Waals surface area contributed by atoms with E-state index in [1.165, 1.54) is 14.5 Å². The fourth-order valence-corrected chi connectivity index (χ4v) is 4.30. The molecule has 0 bridgehead atoms. The van der Waals surface area contributed by atoms with Crippen LogP contribution in [0.2, 0.25) is 0 Å². The second kappa shape index (κ2) is 9.28. The van der Waals surface area contributed by atoms with Crippen molar-refractivity contribution in [2.75, 3.05) is 0 Å². The van der Waals surface area contributed by atoms with E-state index in [-0.39, 0.29) is 0 Å². The summed E-state index contributed by atoms with van der Waals surface area (Å²) in [5.41, 5.74) is 4.39. The lowest BCUT2D eigenvalue weighted by molar-refractivity contribution is 1.33. The predicted molar refractivity (Wildman–Crippen MR) is 135 cm³/mol. The molecule has 0 amide bonds. The molecule has 0 atom stereocenters. The topological polar surface area (TPSA) is 38.7 Å². The number of halogens is 3. The molecule has 0 unspecified atom stereocenters. The molecule has 5 aromatic rings. The van der Waals surface area contributed by atoms with Crippen molar-refractivity contribution in [1.29, 1.82) is 0 Å². The monoisotopic (exact) mass is 617 g/mol. The van der Waals surface area contributed by atoms with E-state index in [9.17, 15) is 0 Å². The maximum Gasteiger partial charge on any atom is 0.0713 e. The minimum atomic E-state index is 1.00. The van der Waals surface area contributed by atoms with E-state index >= 15 is 0 Å². The standard InChI is InChI=1S/C14H9BrN2.C9H5BrIN/c15-11-1-2-14-13(9-11)12(5-8-17-14)10-3-6-16-7-4-10;10-6-1-2-9-7(5-6)8(11)3-4-12-9/h1-9H;1-5H. The summed E-state index contributed by atoms with van der Waals surface area (Å²) in [4.78, 5) is 12.7. The van der Waals surface area contributed by atoms with Gasteiger partial charge in [-0.05, 0) is 94.4 Å². The van der Waals surface area contributed by atoms with Gasteiger partial charge >= 0.3 is 0 Å². The summed E-state index contributed by atoms with van der Waals surface area (Å²) in [5, 5.41) is 2.35. The summed E-state index contributed by atoms with van der Waals surface area (Å²) in [7, 11) is 0. The highest BCUT2D eigenvalue weighted by Crippen LogP contribution is 2.29. The molecule has 3 aromatic heterocycles. The Labute approximate surface area is 199 Å². The molecule has 0 radical (unpaired) electrons. The molecule has 5 rings (SSSR count). The highest BCUT2D eigenvalue weighted by molar-refractivity contribution is 14.1. The molecule has 0 aliphatic carbocycles. The van der Waals surface area contributed by atoms with E-state index in [1.807, 2.05) is 60.9 Å². The molecule has 2 aromatic carbocycles. The van der Waals surface area contributed by atoms with Crippen LogP contribution in [0.25, 0.3) is 32.9 Å². The molecule has 0 fully saturated rings. The van der Waals surface area contributed by atoms with Gasteiger partial charge in [0.15, 0.2) is 0 Å². The zero-order valence-electron chi connectivity index (χ0n) is 15.1. The first-order chi connectivity index (χ1) is 14.1. The zero-order valence-corrected chi connectivity index (χ0v) is 20.4. The summed E-state index contributed by atoms with van der Waals surface area (Å²) in [5.74, 6) is 0. The van der Waals surface area contributed by atoms with Crippen molar-refractivity contribution < 1.29 is 0 Å². The van der Waals surface area contributed by atoms with Crippen molar-refractivity contribution in [3.63, 3.8) is 0 Å². The van der Waals surface area contributed by atoms with E-state index in [2.05, 4.69) is 81.5 Å². The Morgan fingerprint density at radius 1 is 0.621 bits per heavy atom. The molecule has 3 heterocycles. The molecule has 0 saturated heterocycles. The van der Waals surface area contributed by atoms with Crippen LogP contribution in [0.5, 0.6) is 0 Å². The zero-order chi connectivity index (χ0) is 20.2. The minimum Gasteiger partial charge on any atom is -0.265 e. The number of pyridine rings is 3. The molecular weight excluding hydrogens is 605 g/mol. The first kappa shape index (κ1) is 20.4. The predicted octanol–water partition coefficient (Wildman–Crippen LogP) is 7.66. The van der Waals surface area contributed by atoms with E-state index in [1.54, 1.807) is 12.4 Å². The van der Waals surface area contributed by atoms with Crippen LogP contribution in [-0.4, -0.2) is 15.0 Å². The van der Waals surface area contributed by atoms with Crippen molar-refractivity contribution in [1.82, 2.24) is 15.0 Å². The highest BCUT2D eigenvalue weighted by atomic mass is 127. The van der Waals surface area contributed by atoms with Gasteiger partial charge in [-0.2, -0.15) is 0 Å². The fourth-order valence-electron chi connectivity index (χ4n) is 2.99. The number of nitrogens with zero attached hydrogens (tertiary/aromatic N) is 3. The van der Waals surface area contributed by atoms with E-state index < -0.39 is 0 Å². The van der Waals surface area contributed by atoms with Crippen LogP contribution in [-0.2, 0) is 0 Å². The fraction of sp³-hybridized carbons (Fsp3) is 0. The quantitative estimate of drug-likeness (QED) is 0.181. The molecule has 3 nitrogen and oxygen atoms in total. The summed E-state index contributed by atoms with van der Waals surface area (Å²) < 4.78 is 3.40. The van der Waals surface area contributed by atoms with Crippen molar-refractivity contribution >= 4 is 76.3 Å². The van der Waals surface area contributed by atoms with Crippen molar-refractivity contribution in [3.05, 3.63) is 98.0 Å². The summed E-state index contributed by atoms with van der Waals surface area (Å²) in [6.07, 6.45) is 7.28. The van der Waals surface area contributed by atoms with Gasteiger partial charge in [0.2, 0.25) is 0 Å². The smallest absolute Gasteiger partial charge is 0.0713 e. The van der Waals surface area contributed by atoms with E-state index in [4.69, 9.17) is 0 Å². The summed E-state index contributed by atoms with van der Waals surface area (Å²) in [6, 6.07) is 20.3. The summed E-state index contributed by atoms with van der Waals surface area (Å²) >= 11 is 9.25. The highest BCUT2D eigenvalue weighted by Gasteiger charge is 2.04. The number of hydrogen-bond acceptors (Lipinski definition) is 3. The lowest BCUT2D eigenvalue weighted by atomic mass is 10.0. The third kappa shape index (κ3) is 4.82. The Bertz CT molecular complexity index is 1290. The first-order valence-electron chi connectivity index (χ1n) is 8.76. The number of rotatable bonds is 1. The number of benzene rings is 2. The van der Waals surface area contributed by atoms with Gasteiger partial charge in [0.05, 0.1) is 11.0 Å². The normalized spacial score (nSPS) is 10.6. The minimum absolute atomic E-state index is 1.00. The summed E-state index contributed by atoms with van der Waals surface area (Å²) in [6.45, 7) is 0. The number of aromatic nitrogens is 3. The number of fused-ring (bicyclic) bond motifs is 2. The van der Waals surface area contributed by atoms with Gasteiger partial charge in [-0.1, -0.05) is 31.9 Å². The van der Waals surface area contributed by atoms with E-state index in [0.29, 0.717) is 0 Å². The Balaban J connectivity index is 0.000000150. The van der Waals surface area contributed by atoms with Gasteiger partial charge in [-0.25, -0.2) is 0 Å². The second-order valence-electron chi connectivity index (χ2n) is 6.21. The largest absolute Gasteiger partial charge is 0.265 e.